The number of esters is 2. The predicted molar refractivity (Wildman–Crippen MR) is 84.9 cm³/mol. The Morgan fingerprint density at radius 1 is 1.17 bits per heavy atom. The summed E-state index contributed by atoms with van der Waals surface area (Å²) in [6.07, 6.45) is -0.935. The molecule has 0 saturated carbocycles. The first-order chi connectivity index (χ1) is 10.6. The molecule has 7 nitrogen and oxygen atoms in total. The van der Waals surface area contributed by atoms with E-state index in [-0.39, 0.29) is 6.61 Å². The van der Waals surface area contributed by atoms with Gasteiger partial charge in [-0.25, -0.2) is 0 Å². The second-order valence-corrected chi connectivity index (χ2v) is 6.01. The molecule has 0 aromatic heterocycles. The summed E-state index contributed by atoms with van der Waals surface area (Å²) >= 11 is 0. The van der Waals surface area contributed by atoms with Gasteiger partial charge in [0.05, 0.1) is 5.41 Å². The maximum Gasteiger partial charge on any atom is 0.312 e. The first-order valence-corrected chi connectivity index (χ1v) is 7.87. The molecule has 1 N–H and O–H groups in total. The molecule has 0 aliphatic carbocycles. The van der Waals surface area contributed by atoms with Gasteiger partial charge in [0.15, 0.2) is 0 Å². The summed E-state index contributed by atoms with van der Waals surface area (Å²) in [5, 5.41) is 9.42. The molecule has 0 fully saturated rings. The Hall–Kier alpha value is -1.63. The number of carbonyl (C=O) groups is 3. The largest absolute Gasteiger partial charge is 0.481 e. The second-order valence-electron chi connectivity index (χ2n) is 6.01. The average Bonchev–Trinajstić information content (AvgIpc) is 2.41. The molecule has 2 unspecified atom stereocenters. The molecule has 2 atom stereocenters. The standard InChI is InChI=1S/C16H29NO6/c1-7-17(8-2)9-10-22-15(21)16(5,6)13(14(19)20)11(3)23-12(4)18/h11,13H,7-10H2,1-6H3,(H,19,20). The van der Waals surface area contributed by atoms with E-state index in [1.54, 1.807) is 0 Å². The van der Waals surface area contributed by atoms with E-state index in [4.69, 9.17) is 9.47 Å². The summed E-state index contributed by atoms with van der Waals surface area (Å²) in [7, 11) is 0. The highest BCUT2D eigenvalue weighted by molar-refractivity contribution is 5.84. The van der Waals surface area contributed by atoms with Crippen molar-refractivity contribution >= 4 is 17.9 Å². The van der Waals surface area contributed by atoms with Gasteiger partial charge in [0.2, 0.25) is 0 Å². The highest BCUT2D eigenvalue weighted by Gasteiger charge is 2.47. The molecule has 134 valence electrons. The van der Waals surface area contributed by atoms with Crippen LogP contribution in [0.25, 0.3) is 0 Å². The molecule has 0 rings (SSSR count). The highest BCUT2D eigenvalue weighted by Crippen LogP contribution is 2.33. The molecule has 0 aliphatic heterocycles. The predicted octanol–water partition coefficient (Wildman–Crippen LogP) is 1.55. The molecule has 0 amide bonds. The molecule has 0 aliphatic rings. The molecule has 0 aromatic carbocycles. The van der Waals surface area contributed by atoms with Crippen LogP contribution in [0.15, 0.2) is 0 Å². The van der Waals surface area contributed by atoms with Gasteiger partial charge in [0.25, 0.3) is 0 Å². The first-order valence-electron chi connectivity index (χ1n) is 7.87. The lowest BCUT2D eigenvalue weighted by Crippen LogP contribution is -2.46. The van der Waals surface area contributed by atoms with E-state index in [0.29, 0.717) is 6.54 Å². The van der Waals surface area contributed by atoms with Gasteiger partial charge in [0, 0.05) is 13.5 Å². The highest BCUT2D eigenvalue weighted by atomic mass is 16.5. The van der Waals surface area contributed by atoms with Crippen molar-refractivity contribution in [3.8, 4) is 0 Å². The first kappa shape index (κ1) is 21.4. The Balaban J connectivity index is 4.90. The minimum absolute atomic E-state index is 0.193. The quantitative estimate of drug-likeness (QED) is 0.607. The third kappa shape index (κ3) is 6.56. The molecule has 0 spiro atoms. The number of ether oxygens (including phenoxy) is 2. The summed E-state index contributed by atoms with van der Waals surface area (Å²) in [5.41, 5.74) is -1.32. The number of hydrogen-bond acceptors (Lipinski definition) is 6. The van der Waals surface area contributed by atoms with Gasteiger partial charge in [0.1, 0.15) is 18.6 Å². The van der Waals surface area contributed by atoms with Gasteiger partial charge in [-0.05, 0) is 33.9 Å². The zero-order chi connectivity index (χ0) is 18.2. The maximum absolute atomic E-state index is 12.3. The Morgan fingerprint density at radius 3 is 2.09 bits per heavy atom. The van der Waals surface area contributed by atoms with Crippen LogP contribution >= 0.6 is 0 Å². The van der Waals surface area contributed by atoms with Crippen molar-refractivity contribution in [2.24, 2.45) is 11.3 Å². The molecule has 7 heteroatoms. The van der Waals surface area contributed by atoms with Crippen molar-refractivity contribution in [3.05, 3.63) is 0 Å². The van der Waals surface area contributed by atoms with E-state index in [2.05, 4.69) is 4.90 Å². The van der Waals surface area contributed by atoms with Crippen LogP contribution in [0, 0.1) is 11.3 Å². The summed E-state index contributed by atoms with van der Waals surface area (Å²) < 4.78 is 10.2. The van der Waals surface area contributed by atoms with Crippen LogP contribution in [0.2, 0.25) is 0 Å². The van der Waals surface area contributed by atoms with Gasteiger partial charge >= 0.3 is 17.9 Å². The van der Waals surface area contributed by atoms with Crippen LogP contribution in [0.4, 0.5) is 0 Å². The van der Waals surface area contributed by atoms with Gasteiger partial charge in [-0.15, -0.1) is 0 Å². The third-order valence-electron chi connectivity index (χ3n) is 3.93. The van der Waals surface area contributed by atoms with Crippen LogP contribution < -0.4 is 0 Å². The zero-order valence-electron chi connectivity index (χ0n) is 14.9. The third-order valence-corrected chi connectivity index (χ3v) is 3.93. The Bertz CT molecular complexity index is 417. The number of carboxylic acids is 1. The fourth-order valence-electron chi connectivity index (χ4n) is 2.55. The lowest BCUT2D eigenvalue weighted by atomic mass is 9.76. The number of nitrogens with zero attached hydrogens (tertiary/aromatic N) is 1. The number of aliphatic carboxylic acids is 1. The van der Waals surface area contributed by atoms with E-state index in [0.717, 1.165) is 13.1 Å². The SMILES string of the molecule is CCN(CC)CCOC(=O)C(C)(C)C(C(=O)O)C(C)OC(C)=O. The fourth-order valence-corrected chi connectivity index (χ4v) is 2.55. The molecular weight excluding hydrogens is 302 g/mol. The van der Waals surface area contributed by atoms with Crippen LogP contribution in [0.3, 0.4) is 0 Å². The minimum Gasteiger partial charge on any atom is -0.481 e. The molecule has 0 aromatic rings. The minimum atomic E-state index is -1.32. The lowest BCUT2D eigenvalue weighted by Gasteiger charge is -2.32. The van der Waals surface area contributed by atoms with Crippen LogP contribution in [0.5, 0.6) is 0 Å². The van der Waals surface area contributed by atoms with Crippen molar-refractivity contribution in [1.82, 2.24) is 4.90 Å². The Labute approximate surface area is 137 Å². The van der Waals surface area contributed by atoms with E-state index in [1.807, 2.05) is 13.8 Å². The Morgan fingerprint density at radius 2 is 1.70 bits per heavy atom. The van der Waals surface area contributed by atoms with E-state index >= 15 is 0 Å². The lowest BCUT2D eigenvalue weighted by molar-refractivity contribution is -0.175. The molecule has 0 radical (unpaired) electrons. The summed E-state index contributed by atoms with van der Waals surface area (Å²) in [6.45, 7) is 12.1. The normalized spacial score (nSPS) is 14.2. The fraction of sp³-hybridized carbons (Fsp3) is 0.812. The summed E-state index contributed by atoms with van der Waals surface area (Å²) in [4.78, 5) is 37.0. The smallest absolute Gasteiger partial charge is 0.312 e. The second kappa shape index (κ2) is 9.50. The topological polar surface area (TPSA) is 93.1 Å². The molecule has 0 bridgehead atoms. The number of likely N-dealkylation sites (N-methyl/N-ethyl adjacent to an activating group) is 1. The van der Waals surface area contributed by atoms with Crippen LogP contribution in [-0.4, -0.2) is 60.3 Å². The van der Waals surface area contributed by atoms with Gasteiger partial charge in [-0.2, -0.15) is 0 Å². The molecule has 23 heavy (non-hydrogen) atoms. The Kier molecular flexibility index (Phi) is 8.82. The van der Waals surface area contributed by atoms with E-state index in [1.165, 1.54) is 27.7 Å². The molecular formula is C16H29NO6. The number of rotatable bonds is 10. The van der Waals surface area contributed by atoms with Crippen molar-refractivity contribution in [3.63, 3.8) is 0 Å². The van der Waals surface area contributed by atoms with Crippen molar-refractivity contribution in [1.29, 1.82) is 0 Å². The van der Waals surface area contributed by atoms with Crippen LogP contribution in [0.1, 0.15) is 41.5 Å². The van der Waals surface area contributed by atoms with E-state index < -0.39 is 35.3 Å². The van der Waals surface area contributed by atoms with Gasteiger partial charge < -0.3 is 19.5 Å². The molecule has 0 heterocycles. The maximum atomic E-state index is 12.3. The number of carboxylic acid groups (broad SMARTS) is 1. The van der Waals surface area contributed by atoms with Crippen molar-refractivity contribution in [2.45, 2.75) is 47.6 Å². The van der Waals surface area contributed by atoms with E-state index in [9.17, 15) is 19.5 Å². The van der Waals surface area contributed by atoms with Crippen molar-refractivity contribution in [2.75, 3.05) is 26.2 Å². The monoisotopic (exact) mass is 331 g/mol. The van der Waals surface area contributed by atoms with Crippen molar-refractivity contribution < 1.29 is 29.0 Å². The van der Waals surface area contributed by atoms with Gasteiger partial charge in [-0.3, -0.25) is 14.4 Å². The number of hydrogen-bond donors (Lipinski definition) is 1. The zero-order valence-corrected chi connectivity index (χ0v) is 14.9. The number of carbonyl (C=O) groups excluding carboxylic acids is 2. The summed E-state index contributed by atoms with van der Waals surface area (Å²) in [6, 6.07) is 0. The van der Waals surface area contributed by atoms with Gasteiger partial charge in [-0.1, -0.05) is 13.8 Å². The molecule has 0 saturated heterocycles. The average molecular weight is 331 g/mol. The summed E-state index contributed by atoms with van der Waals surface area (Å²) in [5.74, 6) is -3.60. The van der Waals surface area contributed by atoms with Crippen LogP contribution in [-0.2, 0) is 23.9 Å².